The van der Waals surface area contributed by atoms with Crippen LogP contribution < -0.4 is 10.6 Å². The molecular weight excluding hydrogens is 268 g/mol. The first kappa shape index (κ1) is 11.6. The second kappa shape index (κ2) is 4.33. The van der Waals surface area contributed by atoms with E-state index in [1.54, 1.807) is 18.2 Å². The molecule has 1 aromatic heterocycles. The fourth-order valence-electron chi connectivity index (χ4n) is 1.80. The summed E-state index contributed by atoms with van der Waals surface area (Å²) < 4.78 is 0. The Morgan fingerprint density at radius 2 is 1.89 bits per heavy atom. The van der Waals surface area contributed by atoms with Crippen LogP contribution in [0.15, 0.2) is 30.6 Å². The van der Waals surface area contributed by atoms with E-state index in [1.165, 1.54) is 12.4 Å². The summed E-state index contributed by atoms with van der Waals surface area (Å²) in [5.74, 6) is -0.327. The molecule has 0 spiro atoms. The molecule has 1 aliphatic heterocycles. The van der Waals surface area contributed by atoms with Crippen LogP contribution in [0.4, 0.5) is 11.5 Å². The van der Waals surface area contributed by atoms with Crippen molar-refractivity contribution >= 4 is 34.9 Å². The number of nitrogens with zero attached hydrogens (tertiary/aromatic N) is 2. The van der Waals surface area contributed by atoms with E-state index in [1.807, 2.05) is 0 Å². The fourth-order valence-corrected chi connectivity index (χ4v) is 1.94. The molecule has 7 heteroatoms. The number of carbonyl (C=O) groups excluding carboxylic acids is 2. The van der Waals surface area contributed by atoms with Gasteiger partial charge in [-0.15, -0.1) is 0 Å². The number of amides is 2. The summed E-state index contributed by atoms with van der Waals surface area (Å²) in [6, 6.07) is 4.84. The molecule has 3 rings (SSSR count). The summed E-state index contributed by atoms with van der Waals surface area (Å²) in [5, 5.41) is 5.45. The lowest BCUT2D eigenvalue weighted by atomic mass is 10.1. The summed E-state index contributed by atoms with van der Waals surface area (Å²) in [7, 11) is 0. The Morgan fingerprint density at radius 1 is 1.11 bits per heavy atom. The minimum Gasteiger partial charge on any atom is -0.339 e. The molecule has 0 radical (unpaired) electrons. The zero-order valence-corrected chi connectivity index (χ0v) is 10.2. The predicted octanol–water partition coefficient (Wildman–Crippen LogP) is 1.76. The lowest BCUT2D eigenvalue weighted by Gasteiger charge is -2.06. The monoisotopic (exact) mass is 274 g/mol. The summed E-state index contributed by atoms with van der Waals surface area (Å²) in [5.41, 5.74) is 1.33. The minimum absolute atomic E-state index is 0.263. The van der Waals surface area contributed by atoms with E-state index in [9.17, 15) is 9.59 Å². The molecule has 0 atom stereocenters. The lowest BCUT2D eigenvalue weighted by Crippen LogP contribution is -2.19. The van der Waals surface area contributed by atoms with Gasteiger partial charge >= 0.3 is 0 Å². The van der Waals surface area contributed by atoms with Crippen LogP contribution in [-0.2, 0) is 0 Å². The third kappa shape index (κ3) is 2.13. The number of rotatable bonds is 2. The topological polar surface area (TPSA) is 84.0 Å². The van der Waals surface area contributed by atoms with Gasteiger partial charge < -0.3 is 5.32 Å². The van der Waals surface area contributed by atoms with E-state index in [0.717, 1.165) is 0 Å². The van der Waals surface area contributed by atoms with Crippen LogP contribution in [0.5, 0.6) is 0 Å². The van der Waals surface area contributed by atoms with E-state index in [0.29, 0.717) is 22.6 Å². The van der Waals surface area contributed by atoms with Gasteiger partial charge in [-0.25, -0.2) is 4.98 Å². The molecule has 1 aromatic carbocycles. The number of carbonyl (C=O) groups is 2. The first-order valence-electron chi connectivity index (χ1n) is 5.38. The molecule has 19 heavy (non-hydrogen) atoms. The SMILES string of the molecule is O=C1NC(=O)c2cc(Nc3cncc(Cl)n3)ccc21. The number of imide groups is 1. The number of halogens is 1. The van der Waals surface area contributed by atoms with Gasteiger partial charge in [0.1, 0.15) is 5.15 Å². The van der Waals surface area contributed by atoms with Gasteiger partial charge in [0, 0.05) is 5.69 Å². The average molecular weight is 275 g/mol. The number of hydrogen-bond donors (Lipinski definition) is 2. The Kier molecular flexibility index (Phi) is 2.64. The van der Waals surface area contributed by atoms with E-state index in [-0.39, 0.29) is 11.1 Å². The maximum absolute atomic E-state index is 11.5. The van der Waals surface area contributed by atoms with Crippen molar-refractivity contribution < 1.29 is 9.59 Å². The molecule has 2 aromatic rings. The van der Waals surface area contributed by atoms with Crippen molar-refractivity contribution in [1.82, 2.24) is 15.3 Å². The van der Waals surface area contributed by atoms with E-state index in [2.05, 4.69) is 20.6 Å². The van der Waals surface area contributed by atoms with Crippen LogP contribution in [0.25, 0.3) is 0 Å². The van der Waals surface area contributed by atoms with E-state index < -0.39 is 5.91 Å². The lowest BCUT2D eigenvalue weighted by molar-refractivity contribution is 0.0879. The molecule has 0 bridgehead atoms. The largest absolute Gasteiger partial charge is 0.339 e. The summed E-state index contributed by atoms with van der Waals surface area (Å²) in [6.45, 7) is 0. The van der Waals surface area contributed by atoms with Crippen molar-refractivity contribution in [3.63, 3.8) is 0 Å². The van der Waals surface area contributed by atoms with Gasteiger partial charge in [-0.1, -0.05) is 11.6 Å². The summed E-state index contributed by atoms with van der Waals surface area (Å²) in [6.07, 6.45) is 2.92. The van der Waals surface area contributed by atoms with Crippen LogP contribution in [0.1, 0.15) is 20.7 Å². The molecule has 0 saturated carbocycles. The standard InChI is InChI=1S/C12H7ClN4O2/c13-9-4-14-5-10(16-9)15-6-1-2-7-8(3-6)12(19)17-11(7)18/h1-5H,(H,15,16)(H,17,18,19). The second-order valence-electron chi connectivity index (χ2n) is 3.90. The Bertz CT molecular complexity index is 702. The smallest absolute Gasteiger partial charge is 0.259 e. The van der Waals surface area contributed by atoms with Crippen molar-refractivity contribution in [3.8, 4) is 0 Å². The van der Waals surface area contributed by atoms with Crippen LogP contribution in [0.3, 0.4) is 0 Å². The average Bonchev–Trinajstić information content (AvgIpc) is 2.65. The van der Waals surface area contributed by atoms with Gasteiger partial charge in [-0.3, -0.25) is 19.9 Å². The van der Waals surface area contributed by atoms with Crippen molar-refractivity contribution in [2.45, 2.75) is 0 Å². The summed E-state index contributed by atoms with van der Waals surface area (Å²) in [4.78, 5) is 30.8. The Hall–Kier alpha value is -2.47. The number of anilines is 2. The van der Waals surface area contributed by atoms with Crippen LogP contribution in [-0.4, -0.2) is 21.8 Å². The molecule has 0 fully saturated rings. The Morgan fingerprint density at radius 3 is 2.68 bits per heavy atom. The van der Waals surface area contributed by atoms with Gasteiger partial charge in [0.25, 0.3) is 11.8 Å². The maximum atomic E-state index is 11.5. The third-order valence-electron chi connectivity index (χ3n) is 2.61. The van der Waals surface area contributed by atoms with Crippen molar-refractivity contribution in [2.75, 3.05) is 5.32 Å². The van der Waals surface area contributed by atoms with Crippen molar-refractivity contribution in [3.05, 3.63) is 46.9 Å². The zero-order chi connectivity index (χ0) is 13.4. The molecule has 6 nitrogen and oxygen atoms in total. The number of hydrogen-bond acceptors (Lipinski definition) is 5. The Balaban J connectivity index is 1.93. The molecule has 2 N–H and O–H groups in total. The zero-order valence-electron chi connectivity index (χ0n) is 9.48. The number of fused-ring (bicyclic) bond motifs is 1. The predicted molar refractivity (Wildman–Crippen MR) is 68.6 cm³/mol. The number of nitrogens with one attached hydrogen (secondary N) is 2. The molecule has 2 heterocycles. The highest BCUT2D eigenvalue weighted by molar-refractivity contribution is 6.29. The van der Waals surface area contributed by atoms with Crippen molar-refractivity contribution in [2.24, 2.45) is 0 Å². The minimum atomic E-state index is -0.402. The van der Waals surface area contributed by atoms with E-state index in [4.69, 9.17) is 11.6 Å². The number of benzene rings is 1. The molecule has 0 saturated heterocycles. The second-order valence-corrected chi connectivity index (χ2v) is 4.28. The van der Waals surface area contributed by atoms with E-state index >= 15 is 0 Å². The van der Waals surface area contributed by atoms with Crippen LogP contribution >= 0.6 is 11.6 Å². The fraction of sp³-hybridized carbons (Fsp3) is 0. The molecule has 2 amide bonds. The Labute approximate surface area is 112 Å². The van der Waals surface area contributed by atoms with Crippen molar-refractivity contribution in [1.29, 1.82) is 0 Å². The summed E-state index contributed by atoms with van der Waals surface area (Å²) >= 11 is 5.72. The highest BCUT2D eigenvalue weighted by atomic mass is 35.5. The van der Waals surface area contributed by atoms with Gasteiger partial charge in [0.2, 0.25) is 0 Å². The highest BCUT2D eigenvalue weighted by Gasteiger charge is 2.26. The quantitative estimate of drug-likeness (QED) is 0.815. The normalized spacial score (nSPS) is 13.1. The van der Waals surface area contributed by atoms with Gasteiger partial charge in [0.05, 0.1) is 23.5 Å². The first-order valence-corrected chi connectivity index (χ1v) is 5.75. The van der Waals surface area contributed by atoms with Gasteiger partial charge in [0.15, 0.2) is 5.82 Å². The maximum Gasteiger partial charge on any atom is 0.259 e. The molecule has 0 aliphatic carbocycles. The van der Waals surface area contributed by atoms with Crippen LogP contribution in [0.2, 0.25) is 5.15 Å². The highest BCUT2D eigenvalue weighted by Crippen LogP contribution is 2.22. The third-order valence-corrected chi connectivity index (χ3v) is 2.80. The number of aromatic nitrogens is 2. The van der Waals surface area contributed by atoms with Gasteiger partial charge in [-0.05, 0) is 18.2 Å². The van der Waals surface area contributed by atoms with Crippen LogP contribution in [0, 0.1) is 0 Å². The molecule has 1 aliphatic rings. The molecule has 94 valence electrons. The first-order chi connectivity index (χ1) is 9.13. The van der Waals surface area contributed by atoms with Gasteiger partial charge in [-0.2, -0.15) is 0 Å². The molecule has 0 unspecified atom stereocenters. The molecular formula is C12H7ClN4O2.